The Morgan fingerprint density at radius 1 is 0.659 bits per heavy atom. The normalized spacial score (nSPS) is 12.3. The maximum absolute atomic E-state index is 12.2. The van der Waals surface area contributed by atoms with Crippen LogP contribution in [0.2, 0.25) is 0 Å². The van der Waals surface area contributed by atoms with Gasteiger partial charge in [-0.2, -0.15) is 0 Å². The molecule has 41 heavy (non-hydrogen) atoms. The number of phosphoric acid groups is 1. The summed E-state index contributed by atoms with van der Waals surface area (Å²) in [6.07, 6.45) is 20.3. The van der Waals surface area contributed by atoms with Crippen molar-refractivity contribution < 1.29 is 42.7 Å². The Bertz CT molecular complexity index is 714. The highest BCUT2D eigenvalue weighted by atomic mass is 32.2. The van der Waals surface area contributed by atoms with Gasteiger partial charge in [-0.3, -0.25) is 18.9 Å². The Kier molecular flexibility index (Phi) is 27.2. The van der Waals surface area contributed by atoms with Gasteiger partial charge in [0.15, 0.2) is 11.2 Å². The van der Waals surface area contributed by atoms with Crippen molar-refractivity contribution in [2.75, 3.05) is 19.0 Å². The van der Waals surface area contributed by atoms with Crippen molar-refractivity contribution in [3.8, 4) is 0 Å². The number of hydrogen-bond acceptors (Lipinski definition) is 8. The number of rotatable bonds is 29. The van der Waals surface area contributed by atoms with Crippen LogP contribution in [0.25, 0.3) is 0 Å². The van der Waals surface area contributed by atoms with Gasteiger partial charge in [0, 0.05) is 25.5 Å². The van der Waals surface area contributed by atoms with Gasteiger partial charge in [0.05, 0.1) is 6.61 Å². The predicted octanol–water partition coefficient (Wildman–Crippen LogP) is 8.04. The highest BCUT2D eigenvalue weighted by molar-refractivity contribution is 8.13. The Morgan fingerprint density at radius 2 is 1.10 bits per heavy atom. The number of hydrogen-bond donors (Lipinski definition) is 2. The van der Waals surface area contributed by atoms with Gasteiger partial charge in [-0.05, 0) is 19.3 Å². The number of phosphoric ester groups is 1. The van der Waals surface area contributed by atoms with Gasteiger partial charge >= 0.3 is 19.8 Å². The smallest absolute Gasteiger partial charge is 0.462 e. The van der Waals surface area contributed by atoms with Gasteiger partial charge in [0.1, 0.15) is 6.61 Å². The van der Waals surface area contributed by atoms with E-state index in [1.807, 2.05) is 0 Å². The number of ether oxygens (including phenoxy) is 2. The molecule has 1 atom stereocenters. The summed E-state index contributed by atoms with van der Waals surface area (Å²) in [5.41, 5.74) is 0. The second-order valence-electron chi connectivity index (χ2n) is 10.8. The Hall–Kier alpha value is -0.930. The first-order valence-electron chi connectivity index (χ1n) is 15.8. The molecule has 0 fully saturated rings. The lowest BCUT2D eigenvalue weighted by molar-refractivity contribution is -0.161. The van der Waals surface area contributed by atoms with E-state index in [0.29, 0.717) is 12.8 Å². The standard InChI is InChI=1S/C30H57O9PS/c1-3-4-5-6-7-8-10-14-17-20-23-30(33)39-28(26-38-40(34,35)36)25-37-29(32)22-19-16-13-11-9-12-15-18-21-24-41-27(2)31/h28H,3-26H2,1-2H3,(H2,34,35,36)/t28-/m1/s1. The van der Waals surface area contributed by atoms with Gasteiger partial charge in [-0.15, -0.1) is 0 Å². The number of thioether (sulfide) groups is 1. The van der Waals surface area contributed by atoms with E-state index in [1.54, 1.807) is 6.92 Å². The lowest BCUT2D eigenvalue weighted by Gasteiger charge is -2.18. The lowest BCUT2D eigenvalue weighted by atomic mass is 10.1. The fourth-order valence-corrected chi connectivity index (χ4v) is 5.38. The minimum Gasteiger partial charge on any atom is -0.462 e. The molecular formula is C30H57O9PS. The average molecular weight is 625 g/mol. The molecule has 0 aromatic carbocycles. The monoisotopic (exact) mass is 624 g/mol. The maximum Gasteiger partial charge on any atom is 0.469 e. The molecule has 242 valence electrons. The van der Waals surface area contributed by atoms with Gasteiger partial charge in [0.2, 0.25) is 0 Å². The fourth-order valence-electron chi connectivity index (χ4n) is 4.38. The zero-order chi connectivity index (χ0) is 30.6. The minimum atomic E-state index is -4.75. The molecule has 0 amide bonds. The van der Waals surface area contributed by atoms with Crippen molar-refractivity contribution >= 4 is 36.6 Å². The third-order valence-electron chi connectivity index (χ3n) is 6.72. The highest BCUT2D eigenvalue weighted by Gasteiger charge is 2.22. The molecular weight excluding hydrogens is 567 g/mol. The molecule has 0 unspecified atom stereocenters. The van der Waals surface area contributed by atoms with E-state index >= 15 is 0 Å². The summed E-state index contributed by atoms with van der Waals surface area (Å²) in [7, 11) is -4.75. The van der Waals surface area contributed by atoms with Crippen LogP contribution in [0.4, 0.5) is 0 Å². The number of esters is 2. The predicted molar refractivity (Wildman–Crippen MR) is 165 cm³/mol. The van der Waals surface area contributed by atoms with Crippen LogP contribution in [-0.2, 0) is 32.9 Å². The largest absolute Gasteiger partial charge is 0.469 e. The summed E-state index contributed by atoms with van der Waals surface area (Å²) in [5.74, 6) is -0.0136. The first-order chi connectivity index (χ1) is 19.6. The zero-order valence-corrected chi connectivity index (χ0v) is 27.4. The zero-order valence-electron chi connectivity index (χ0n) is 25.7. The summed E-state index contributed by atoms with van der Waals surface area (Å²) >= 11 is 1.39. The van der Waals surface area contributed by atoms with Crippen molar-refractivity contribution in [1.29, 1.82) is 0 Å². The van der Waals surface area contributed by atoms with E-state index in [4.69, 9.17) is 19.3 Å². The van der Waals surface area contributed by atoms with Crippen molar-refractivity contribution in [2.45, 2.75) is 155 Å². The fraction of sp³-hybridized carbons (Fsp3) is 0.900. The molecule has 0 aliphatic carbocycles. The molecule has 0 heterocycles. The summed E-state index contributed by atoms with van der Waals surface area (Å²) in [5, 5.41) is 0.181. The molecule has 0 saturated carbocycles. The van der Waals surface area contributed by atoms with E-state index in [1.165, 1.54) is 63.1 Å². The Balaban J connectivity index is 3.99. The minimum absolute atomic E-state index is 0.181. The molecule has 0 aliphatic heterocycles. The van der Waals surface area contributed by atoms with Crippen LogP contribution < -0.4 is 0 Å². The third kappa shape index (κ3) is 31.8. The second kappa shape index (κ2) is 27.9. The first-order valence-corrected chi connectivity index (χ1v) is 18.3. The van der Waals surface area contributed by atoms with Crippen molar-refractivity contribution in [2.24, 2.45) is 0 Å². The molecule has 2 N–H and O–H groups in total. The lowest BCUT2D eigenvalue weighted by Crippen LogP contribution is -2.29. The van der Waals surface area contributed by atoms with Crippen LogP contribution in [0.3, 0.4) is 0 Å². The average Bonchev–Trinajstić information content (AvgIpc) is 2.91. The topological polar surface area (TPSA) is 136 Å². The molecule has 0 radical (unpaired) electrons. The van der Waals surface area contributed by atoms with E-state index in [2.05, 4.69) is 11.4 Å². The molecule has 0 saturated heterocycles. The Labute approximate surface area is 252 Å². The van der Waals surface area contributed by atoms with Crippen LogP contribution in [0.15, 0.2) is 0 Å². The molecule has 0 aliphatic rings. The number of carbonyl (C=O) groups is 3. The van der Waals surface area contributed by atoms with E-state index in [-0.39, 0.29) is 24.6 Å². The molecule has 0 aromatic heterocycles. The van der Waals surface area contributed by atoms with Crippen LogP contribution in [0.1, 0.15) is 149 Å². The van der Waals surface area contributed by atoms with Crippen molar-refractivity contribution in [3.05, 3.63) is 0 Å². The third-order valence-corrected chi connectivity index (χ3v) is 8.11. The van der Waals surface area contributed by atoms with Gasteiger partial charge in [-0.25, -0.2) is 4.57 Å². The summed E-state index contributed by atoms with van der Waals surface area (Å²) in [6, 6.07) is 0. The number of unbranched alkanes of at least 4 members (excludes halogenated alkanes) is 17. The second-order valence-corrected chi connectivity index (χ2v) is 13.3. The quantitative estimate of drug-likeness (QED) is 0.0478. The molecule has 0 rings (SSSR count). The first kappa shape index (κ1) is 40.1. The summed E-state index contributed by atoms with van der Waals surface area (Å²) in [6.45, 7) is 2.97. The SMILES string of the molecule is CCCCCCCCCCCCC(=O)O[C@H](COC(=O)CCCCCCCCCCCSC(C)=O)COP(=O)(O)O. The molecule has 0 spiro atoms. The summed E-state index contributed by atoms with van der Waals surface area (Å²) in [4.78, 5) is 53.2. The molecule has 9 nitrogen and oxygen atoms in total. The maximum atomic E-state index is 12.2. The molecule has 0 aromatic rings. The van der Waals surface area contributed by atoms with Gasteiger partial charge in [0.25, 0.3) is 0 Å². The van der Waals surface area contributed by atoms with E-state index < -0.39 is 32.5 Å². The highest BCUT2D eigenvalue weighted by Crippen LogP contribution is 2.36. The summed E-state index contributed by atoms with van der Waals surface area (Å²) < 4.78 is 26.1. The van der Waals surface area contributed by atoms with Gasteiger partial charge in [-0.1, -0.05) is 121 Å². The van der Waals surface area contributed by atoms with Crippen LogP contribution in [0.5, 0.6) is 0 Å². The molecule has 0 bridgehead atoms. The Morgan fingerprint density at radius 3 is 1.56 bits per heavy atom. The van der Waals surface area contributed by atoms with E-state index in [9.17, 15) is 18.9 Å². The van der Waals surface area contributed by atoms with Crippen molar-refractivity contribution in [1.82, 2.24) is 0 Å². The van der Waals surface area contributed by atoms with E-state index in [0.717, 1.165) is 63.5 Å². The van der Waals surface area contributed by atoms with Crippen molar-refractivity contribution in [3.63, 3.8) is 0 Å². The number of carbonyl (C=O) groups excluding carboxylic acids is 3. The van der Waals surface area contributed by atoms with Crippen LogP contribution in [-0.4, -0.2) is 51.9 Å². The van der Waals surface area contributed by atoms with Crippen LogP contribution in [0, 0.1) is 0 Å². The van der Waals surface area contributed by atoms with Crippen LogP contribution >= 0.6 is 19.6 Å². The molecule has 11 heteroatoms. The van der Waals surface area contributed by atoms with Gasteiger partial charge < -0.3 is 19.3 Å².